The summed E-state index contributed by atoms with van der Waals surface area (Å²) in [7, 11) is 0. The molecule has 0 radical (unpaired) electrons. The molecule has 5 atom stereocenters. The van der Waals surface area contributed by atoms with Crippen molar-refractivity contribution in [1.82, 2.24) is 0 Å². The van der Waals surface area contributed by atoms with Crippen LogP contribution in [0.25, 0.3) is 0 Å². The summed E-state index contributed by atoms with van der Waals surface area (Å²) in [6.45, 7) is 4.26. The van der Waals surface area contributed by atoms with Crippen LogP contribution in [0.4, 0.5) is 0 Å². The molecule has 1 saturated heterocycles. The van der Waals surface area contributed by atoms with Gasteiger partial charge < -0.3 is 28.4 Å². The monoisotopic (exact) mass is 458 g/mol. The Labute approximate surface area is 183 Å². The van der Waals surface area contributed by atoms with Crippen LogP contribution in [0.15, 0.2) is 24.3 Å². The van der Waals surface area contributed by atoms with Gasteiger partial charge in [-0.1, -0.05) is 23.7 Å². The molecule has 1 aliphatic rings. The Morgan fingerprint density at radius 1 is 0.839 bits per heavy atom. The lowest BCUT2D eigenvalue weighted by Crippen LogP contribution is -2.63. The van der Waals surface area contributed by atoms with E-state index in [1.807, 2.05) is 0 Å². The van der Waals surface area contributed by atoms with Gasteiger partial charge in [0.2, 0.25) is 12.4 Å². The van der Waals surface area contributed by atoms with E-state index in [-0.39, 0.29) is 17.4 Å². The second kappa shape index (κ2) is 11.0. The third-order valence-electron chi connectivity index (χ3n) is 4.03. The first-order valence-corrected chi connectivity index (χ1v) is 9.68. The zero-order valence-electron chi connectivity index (χ0n) is 17.4. The van der Waals surface area contributed by atoms with Gasteiger partial charge in [-0.25, -0.2) is 0 Å². The molecule has 0 amide bonds. The maximum atomic E-state index is 11.8. The average molecular weight is 459 g/mol. The van der Waals surface area contributed by atoms with E-state index in [9.17, 15) is 19.2 Å². The molecular weight excluding hydrogens is 436 g/mol. The predicted octanol–water partition coefficient (Wildman–Crippen LogP) is 1.80. The highest BCUT2D eigenvalue weighted by Crippen LogP contribution is 2.33. The Bertz CT molecular complexity index is 826. The van der Waals surface area contributed by atoms with Gasteiger partial charge in [0.25, 0.3) is 0 Å². The van der Waals surface area contributed by atoms with Crippen molar-refractivity contribution in [3.05, 3.63) is 29.3 Å². The van der Waals surface area contributed by atoms with E-state index >= 15 is 0 Å². The Hall–Kier alpha value is -2.85. The number of halogens is 1. The van der Waals surface area contributed by atoms with Crippen molar-refractivity contribution in [1.29, 1.82) is 0 Å². The van der Waals surface area contributed by atoms with Gasteiger partial charge in [-0.15, -0.1) is 0 Å². The molecule has 0 spiro atoms. The number of hydrogen-bond acceptors (Lipinski definition) is 10. The predicted molar refractivity (Wildman–Crippen MR) is 104 cm³/mol. The summed E-state index contributed by atoms with van der Waals surface area (Å²) < 4.78 is 32.5. The largest absolute Gasteiger partial charge is 0.463 e. The minimum atomic E-state index is -1.33. The van der Waals surface area contributed by atoms with Gasteiger partial charge in [-0.3, -0.25) is 19.2 Å². The van der Waals surface area contributed by atoms with Crippen molar-refractivity contribution < 1.29 is 47.6 Å². The van der Waals surface area contributed by atoms with Gasteiger partial charge in [0.15, 0.2) is 12.2 Å². The fraction of sp³-hybridized carbons (Fsp3) is 0.500. The Morgan fingerprint density at radius 3 is 1.94 bits per heavy atom. The molecule has 1 aromatic carbocycles. The molecule has 0 N–H and O–H groups in total. The molecule has 0 aliphatic carbocycles. The van der Waals surface area contributed by atoms with Crippen molar-refractivity contribution >= 4 is 35.5 Å². The molecule has 10 nitrogen and oxygen atoms in total. The van der Waals surface area contributed by atoms with Crippen LogP contribution in [0, 0.1) is 0 Å². The van der Waals surface area contributed by atoms with E-state index in [0.29, 0.717) is 0 Å². The highest BCUT2D eigenvalue weighted by Gasteiger charge is 2.53. The van der Waals surface area contributed by atoms with E-state index in [4.69, 9.17) is 40.0 Å². The lowest BCUT2D eigenvalue weighted by atomic mass is 9.98. The highest BCUT2D eigenvalue weighted by atomic mass is 35.5. The second-order valence-electron chi connectivity index (χ2n) is 6.62. The summed E-state index contributed by atoms with van der Waals surface area (Å²) in [4.78, 5) is 46.5. The maximum Gasteiger partial charge on any atom is 0.303 e. The zero-order valence-corrected chi connectivity index (χ0v) is 18.1. The minimum absolute atomic E-state index is 0.199. The number of carbonyl (C=O) groups is 4. The Kier molecular flexibility index (Phi) is 8.64. The summed E-state index contributed by atoms with van der Waals surface area (Å²) in [6, 6.07) is 6.47. The second-order valence-corrected chi connectivity index (χ2v) is 7.02. The smallest absolute Gasteiger partial charge is 0.303 e. The third kappa shape index (κ3) is 7.11. The van der Waals surface area contributed by atoms with Crippen molar-refractivity contribution in [2.45, 2.75) is 58.4 Å². The third-order valence-corrected chi connectivity index (χ3v) is 4.34. The van der Waals surface area contributed by atoms with Gasteiger partial charge in [0.05, 0.1) is 5.02 Å². The highest BCUT2D eigenvalue weighted by molar-refractivity contribution is 6.32. The molecule has 170 valence electrons. The number of rotatable bonds is 7. The molecule has 1 aromatic rings. The molecule has 0 bridgehead atoms. The average Bonchev–Trinajstić information content (AvgIpc) is 2.65. The molecule has 2 rings (SSSR count). The standard InChI is InChI=1S/C20H23ClO10/c1-10(22)26-9-16-17(27-11(2)23)18(28-12(3)24)19(29-13(4)25)20(31-16)30-15-8-6-5-7-14(15)21/h5-8,16-20H,9H2,1-4H3/t16-,17-,18+,19-,20-/m0/s1. The van der Waals surface area contributed by atoms with E-state index in [2.05, 4.69) is 0 Å². The zero-order chi connectivity index (χ0) is 23.1. The quantitative estimate of drug-likeness (QED) is 0.441. The first-order valence-electron chi connectivity index (χ1n) is 9.30. The van der Waals surface area contributed by atoms with Crippen LogP contribution >= 0.6 is 11.6 Å². The summed E-state index contributed by atoms with van der Waals surface area (Å²) >= 11 is 6.14. The molecular formula is C20H23ClO10. The van der Waals surface area contributed by atoms with Gasteiger partial charge in [0, 0.05) is 27.7 Å². The Morgan fingerprint density at radius 2 is 1.39 bits per heavy atom. The molecule has 1 aliphatic heterocycles. The summed E-state index contributed by atoms with van der Waals surface area (Å²) in [6.07, 6.45) is -6.32. The topological polar surface area (TPSA) is 124 Å². The van der Waals surface area contributed by atoms with Crippen LogP contribution in [0.3, 0.4) is 0 Å². The number of para-hydroxylation sites is 1. The van der Waals surface area contributed by atoms with E-state index < -0.39 is 54.6 Å². The molecule has 1 heterocycles. The van der Waals surface area contributed by atoms with Gasteiger partial charge >= 0.3 is 23.9 Å². The summed E-state index contributed by atoms with van der Waals surface area (Å²) in [5.74, 6) is -2.59. The number of ether oxygens (including phenoxy) is 6. The fourth-order valence-electron chi connectivity index (χ4n) is 2.95. The van der Waals surface area contributed by atoms with Crippen molar-refractivity contribution in [2.24, 2.45) is 0 Å². The van der Waals surface area contributed by atoms with E-state index in [0.717, 1.165) is 20.8 Å². The normalized spacial score (nSPS) is 25.1. The van der Waals surface area contributed by atoms with Gasteiger partial charge in [0.1, 0.15) is 18.5 Å². The van der Waals surface area contributed by atoms with Crippen LogP contribution < -0.4 is 4.74 Å². The van der Waals surface area contributed by atoms with E-state index in [1.54, 1.807) is 24.3 Å². The lowest BCUT2D eigenvalue weighted by Gasteiger charge is -2.43. The van der Waals surface area contributed by atoms with Gasteiger partial charge in [-0.05, 0) is 12.1 Å². The van der Waals surface area contributed by atoms with Crippen LogP contribution in [0.5, 0.6) is 5.75 Å². The maximum absolute atomic E-state index is 11.8. The minimum Gasteiger partial charge on any atom is -0.463 e. The lowest BCUT2D eigenvalue weighted by molar-refractivity contribution is -0.288. The van der Waals surface area contributed by atoms with Crippen LogP contribution in [0.1, 0.15) is 27.7 Å². The van der Waals surface area contributed by atoms with Crippen molar-refractivity contribution in [3.8, 4) is 5.75 Å². The number of carbonyl (C=O) groups excluding carboxylic acids is 4. The number of esters is 4. The molecule has 11 heteroatoms. The molecule has 1 fully saturated rings. The summed E-state index contributed by atoms with van der Waals surface area (Å²) in [5.41, 5.74) is 0. The molecule has 0 unspecified atom stereocenters. The number of benzene rings is 1. The Balaban J connectivity index is 2.46. The molecule has 0 aromatic heterocycles. The fourth-order valence-corrected chi connectivity index (χ4v) is 3.13. The van der Waals surface area contributed by atoms with Gasteiger partial charge in [-0.2, -0.15) is 0 Å². The van der Waals surface area contributed by atoms with Crippen LogP contribution in [-0.2, 0) is 42.9 Å². The van der Waals surface area contributed by atoms with Crippen molar-refractivity contribution in [2.75, 3.05) is 6.61 Å². The summed E-state index contributed by atoms with van der Waals surface area (Å²) in [5, 5.41) is 0.246. The number of hydrogen-bond donors (Lipinski definition) is 0. The van der Waals surface area contributed by atoms with Crippen molar-refractivity contribution in [3.63, 3.8) is 0 Å². The first-order chi connectivity index (χ1) is 14.6. The SMILES string of the molecule is CC(=O)OC[C@@H]1O[C@H](Oc2ccccc2Cl)[C@@H](OC(C)=O)[C@H](OC(C)=O)[C@H]1OC(C)=O. The first kappa shape index (κ1) is 24.4. The van der Waals surface area contributed by atoms with E-state index in [1.165, 1.54) is 6.92 Å². The molecule has 31 heavy (non-hydrogen) atoms. The van der Waals surface area contributed by atoms with Crippen LogP contribution in [-0.4, -0.2) is 61.2 Å². The van der Waals surface area contributed by atoms with Crippen LogP contribution in [0.2, 0.25) is 5.02 Å². The molecule has 0 saturated carbocycles.